The largest absolute Gasteiger partial charge is 0.493 e. The molecule has 0 atom stereocenters. The number of carbonyl (C=O) groups is 2. The van der Waals surface area contributed by atoms with Gasteiger partial charge >= 0.3 is 0 Å². The normalized spacial score (nSPS) is 10.4. The Bertz CT molecular complexity index is 1070. The summed E-state index contributed by atoms with van der Waals surface area (Å²) in [6.45, 7) is 0.390. The highest BCUT2D eigenvalue weighted by Crippen LogP contribution is 2.25. The van der Waals surface area contributed by atoms with Crippen LogP contribution in [-0.2, 0) is 11.4 Å². The first-order valence-electron chi connectivity index (χ1n) is 9.40. The van der Waals surface area contributed by atoms with E-state index in [0.717, 1.165) is 5.56 Å². The van der Waals surface area contributed by atoms with Crippen LogP contribution in [0.3, 0.4) is 0 Å². The molecule has 0 radical (unpaired) electrons. The first kappa shape index (κ1) is 22.5. The van der Waals surface area contributed by atoms with E-state index in [0.29, 0.717) is 32.8 Å². The molecule has 3 N–H and O–H groups in total. The number of benzene rings is 3. The second-order valence-corrected chi connectivity index (χ2v) is 7.41. The zero-order chi connectivity index (χ0) is 22.2. The maximum Gasteiger partial charge on any atom is 0.259 e. The van der Waals surface area contributed by atoms with Crippen molar-refractivity contribution in [3.05, 3.63) is 87.9 Å². The van der Waals surface area contributed by atoms with Gasteiger partial charge in [-0.15, -0.1) is 0 Å². The fourth-order valence-corrected chi connectivity index (χ4v) is 3.14. The Hall–Kier alpha value is -3.22. The van der Waals surface area contributed by atoms with Gasteiger partial charge in [-0.3, -0.25) is 9.59 Å². The van der Waals surface area contributed by atoms with Gasteiger partial charge in [0.05, 0.1) is 18.6 Å². The van der Waals surface area contributed by atoms with Crippen LogP contribution in [0.25, 0.3) is 0 Å². The summed E-state index contributed by atoms with van der Waals surface area (Å²) in [5.74, 6) is 0.253. The molecule has 0 aliphatic rings. The number of ether oxygens (including phenoxy) is 2. The summed E-state index contributed by atoms with van der Waals surface area (Å²) in [4.78, 5) is 23.5. The van der Waals surface area contributed by atoms with Gasteiger partial charge in [0.2, 0.25) is 5.91 Å². The van der Waals surface area contributed by atoms with Crippen molar-refractivity contribution in [1.82, 2.24) is 0 Å². The number of hydrogen-bond donors (Lipinski definition) is 2. The number of nitrogens with two attached hydrogens (primary N) is 1. The van der Waals surface area contributed by atoms with Crippen molar-refractivity contribution in [3.8, 4) is 11.5 Å². The minimum absolute atomic E-state index is 0.135. The highest BCUT2D eigenvalue weighted by Gasteiger charge is 2.13. The predicted octanol–water partition coefficient (Wildman–Crippen LogP) is 5.08. The zero-order valence-corrected chi connectivity index (χ0v) is 18.0. The smallest absolute Gasteiger partial charge is 0.259 e. The van der Waals surface area contributed by atoms with Crippen LogP contribution in [0.1, 0.15) is 22.3 Å². The second kappa shape index (κ2) is 10.7. The number of nitrogens with one attached hydrogen (secondary N) is 1. The van der Waals surface area contributed by atoms with Crippen molar-refractivity contribution in [2.45, 2.75) is 13.0 Å². The summed E-state index contributed by atoms with van der Waals surface area (Å²) in [5, 5.41) is 3.86. The van der Waals surface area contributed by atoms with E-state index in [4.69, 9.17) is 38.4 Å². The number of para-hydroxylation sites is 1. The van der Waals surface area contributed by atoms with E-state index in [1.54, 1.807) is 66.7 Å². The van der Waals surface area contributed by atoms with Gasteiger partial charge in [-0.1, -0.05) is 41.4 Å². The monoisotopic (exact) mass is 458 g/mol. The van der Waals surface area contributed by atoms with Crippen LogP contribution in [0.15, 0.2) is 66.7 Å². The summed E-state index contributed by atoms with van der Waals surface area (Å²) in [6, 6.07) is 18.9. The summed E-state index contributed by atoms with van der Waals surface area (Å²) < 4.78 is 11.3. The van der Waals surface area contributed by atoms with Crippen molar-refractivity contribution in [2.24, 2.45) is 5.73 Å². The standard InChI is InChI=1S/C23H20Cl2N2O4/c24-16-6-5-15(20(25)13-16)14-31-21-4-2-1-3-19(21)23(29)27-17-7-9-18(10-8-17)30-12-11-22(26)28/h1-10,13H,11-12,14H2,(H2,26,28)(H,27,29). The van der Waals surface area contributed by atoms with Gasteiger partial charge in [-0.2, -0.15) is 0 Å². The molecule has 160 valence electrons. The molecule has 0 aromatic heterocycles. The molecule has 0 aliphatic heterocycles. The maximum absolute atomic E-state index is 12.8. The third kappa shape index (κ3) is 6.64. The average Bonchev–Trinajstić information content (AvgIpc) is 2.74. The third-order valence-corrected chi connectivity index (χ3v) is 4.85. The number of rotatable bonds is 9. The lowest BCUT2D eigenvalue weighted by Crippen LogP contribution is -2.15. The first-order chi connectivity index (χ1) is 14.9. The van der Waals surface area contributed by atoms with Crippen LogP contribution < -0.4 is 20.5 Å². The maximum atomic E-state index is 12.8. The Labute approximate surface area is 189 Å². The molecule has 0 bridgehead atoms. The molecule has 0 fully saturated rings. The molecular weight excluding hydrogens is 439 g/mol. The third-order valence-electron chi connectivity index (χ3n) is 4.26. The summed E-state index contributed by atoms with van der Waals surface area (Å²) in [7, 11) is 0. The Balaban J connectivity index is 1.63. The van der Waals surface area contributed by atoms with E-state index in [2.05, 4.69) is 5.32 Å². The molecular formula is C23H20Cl2N2O4. The fourth-order valence-electron chi connectivity index (χ4n) is 2.68. The number of anilines is 1. The molecule has 3 rings (SSSR count). The van der Waals surface area contributed by atoms with Crippen molar-refractivity contribution in [3.63, 3.8) is 0 Å². The molecule has 0 unspecified atom stereocenters. The van der Waals surface area contributed by atoms with Gasteiger partial charge in [-0.25, -0.2) is 0 Å². The highest BCUT2D eigenvalue weighted by atomic mass is 35.5. The zero-order valence-electron chi connectivity index (χ0n) is 16.4. The molecule has 8 heteroatoms. The number of hydrogen-bond acceptors (Lipinski definition) is 4. The number of carbonyl (C=O) groups excluding carboxylic acids is 2. The summed E-state index contributed by atoms with van der Waals surface area (Å²) in [6.07, 6.45) is 0.135. The lowest BCUT2D eigenvalue weighted by molar-refractivity contribution is -0.118. The first-order valence-corrected chi connectivity index (χ1v) is 10.2. The summed E-state index contributed by atoms with van der Waals surface area (Å²) in [5.41, 5.74) is 6.81. The fraction of sp³-hybridized carbons (Fsp3) is 0.130. The van der Waals surface area contributed by atoms with Crippen molar-refractivity contribution in [2.75, 3.05) is 11.9 Å². The Morgan fingerprint density at radius 2 is 1.68 bits per heavy atom. The Morgan fingerprint density at radius 1 is 0.935 bits per heavy atom. The van der Waals surface area contributed by atoms with E-state index < -0.39 is 5.91 Å². The van der Waals surface area contributed by atoms with Gasteiger partial charge in [0.25, 0.3) is 5.91 Å². The quantitative estimate of drug-likeness (QED) is 0.467. The average molecular weight is 459 g/mol. The summed E-state index contributed by atoms with van der Waals surface area (Å²) >= 11 is 12.1. The lowest BCUT2D eigenvalue weighted by atomic mass is 10.1. The molecule has 31 heavy (non-hydrogen) atoms. The van der Waals surface area contributed by atoms with Crippen LogP contribution in [0.5, 0.6) is 11.5 Å². The van der Waals surface area contributed by atoms with Crippen LogP contribution in [0.2, 0.25) is 10.0 Å². The van der Waals surface area contributed by atoms with E-state index in [-0.39, 0.29) is 25.5 Å². The van der Waals surface area contributed by atoms with Crippen LogP contribution in [-0.4, -0.2) is 18.4 Å². The topological polar surface area (TPSA) is 90.7 Å². The molecule has 6 nitrogen and oxygen atoms in total. The van der Waals surface area contributed by atoms with E-state index >= 15 is 0 Å². The van der Waals surface area contributed by atoms with E-state index in [1.807, 2.05) is 0 Å². The lowest BCUT2D eigenvalue weighted by Gasteiger charge is -2.13. The van der Waals surface area contributed by atoms with Crippen molar-refractivity contribution < 1.29 is 19.1 Å². The van der Waals surface area contributed by atoms with Crippen LogP contribution in [0, 0.1) is 0 Å². The number of amides is 2. The molecule has 0 heterocycles. The van der Waals surface area contributed by atoms with E-state index in [1.165, 1.54) is 0 Å². The Kier molecular flexibility index (Phi) is 7.76. The van der Waals surface area contributed by atoms with Crippen LogP contribution >= 0.6 is 23.2 Å². The SMILES string of the molecule is NC(=O)CCOc1ccc(NC(=O)c2ccccc2OCc2ccc(Cl)cc2Cl)cc1. The molecule has 3 aromatic carbocycles. The minimum atomic E-state index is -0.428. The van der Waals surface area contributed by atoms with Gasteiger partial charge in [0, 0.05) is 21.3 Å². The molecule has 3 aromatic rings. The van der Waals surface area contributed by atoms with Gasteiger partial charge in [-0.05, 0) is 48.5 Å². The molecule has 0 aliphatic carbocycles. The number of primary amides is 1. The van der Waals surface area contributed by atoms with Gasteiger partial charge in [0.1, 0.15) is 18.1 Å². The molecule has 2 amide bonds. The minimum Gasteiger partial charge on any atom is -0.493 e. The Morgan fingerprint density at radius 3 is 2.39 bits per heavy atom. The van der Waals surface area contributed by atoms with E-state index in [9.17, 15) is 9.59 Å². The second-order valence-electron chi connectivity index (χ2n) is 6.56. The van der Waals surface area contributed by atoms with Crippen molar-refractivity contribution in [1.29, 1.82) is 0 Å². The van der Waals surface area contributed by atoms with Crippen LogP contribution in [0.4, 0.5) is 5.69 Å². The van der Waals surface area contributed by atoms with Crippen molar-refractivity contribution >= 4 is 40.7 Å². The van der Waals surface area contributed by atoms with Gasteiger partial charge < -0.3 is 20.5 Å². The highest BCUT2D eigenvalue weighted by molar-refractivity contribution is 6.35. The molecule has 0 saturated heterocycles. The molecule has 0 spiro atoms. The number of halogens is 2. The van der Waals surface area contributed by atoms with Gasteiger partial charge in [0.15, 0.2) is 0 Å². The predicted molar refractivity (Wildman–Crippen MR) is 121 cm³/mol. The molecule has 0 saturated carbocycles.